The first kappa shape index (κ1) is 13.0. The third kappa shape index (κ3) is 2.08. The standard InChI is InChI=1S/C19H17NS/c20-13-19(10-9-14-5-1-3-7-17(14)19)12-16-11-15-6-2-4-8-18(15)21-16/h1-8,16H,9-12H2. The van der Waals surface area contributed by atoms with E-state index in [-0.39, 0.29) is 5.41 Å². The smallest absolute Gasteiger partial charge is 0.0839 e. The van der Waals surface area contributed by atoms with Crippen molar-refractivity contribution in [1.82, 2.24) is 0 Å². The average Bonchev–Trinajstić information content (AvgIpc) is 3.09. The van der Waals surface area contributed by atoms with Gasteiger partial charge in [-0.1, -0.05) is 42.5 Å². The van der Waals surface area contributed by atoms with Gasteiger partial charge in [0.25, 0.3) is 0 Å². The summed E-state index contributed by atoms with van der Waals surface area (Å²) in [6.45, 7) is 0. The minimum atomic E-state index is -0.268. The predicted octanol–water partition coefficient (Wildman–Crippen LogP) is 4.50. The molecule has 0 saturated carbocycles. The van der Waals surface area contributed by atoms with Crippen molar-refractivity contribution >= 4 is 11.8 Å². The number of nitriles is 1. The van der Waals surface area contributed by atoms with Gasteiger partial charge >= 0.3 is 0 Å². The molecule has 1 nitrogen and oxygen atoms in total. The van der Waals surface area contributed by atoms with Crippen LogP contribution in [0.5, 0.6) is 0 Å². The van der Waals surface area contributed by atoms with E-state index in [0.717, 1.165) is 25.7 Å². The van der Waals surface area contributed by atoms with Crippen LogP contribution in [0.15, 0.2) is 53.4 Å². The molecule has 104 valence electrons. The third-order valence-corrected chi connectivity index (χ3v) is 6.18. The largest absolute Gasteiger partial charge is 0.197 e. The highest BCUT2D eigenvalue weighted by Gasteiger charge is 2.41. The number of fused-ring (bicyclic) bond motifs is 2. The zero-order valence-corrected chi connectivity index (χ0v) is 12.7. The molecule has 1 aliphatic carbocycles. The van der Waals surface area contributed by atoms with E-state index in [9.17, 15) is 5.26 Å². The lowest BCUT2D eigenvalue weighted by Gasteiger charge is -2.25. The summed E-state index contributed by atoms with van der Waals surface area (Å²) in [6, 6.07) is 19.9. The first-order valence-electron chi connectivity index (χ1n) is 7.55. The van der Waals surface area contributed by atoms with Crippen LogP contribution in [0.1, 0.15) is 29.5 Å². The fraction of sp³-hybridized carbons (Fsp3) is 0.316. The Bertz CT molecular complexity index is 705. The summed E-state index contributed by atoms with van der Waals surface area (Å²) in [4.78, 5) is 1.40. The molecule has 0 bridgehead atoms. The molecule has 0 radical (unpaired) electrons. The SMILES string of the molecule is N#CC1(CC2Cc3ccccc3S2)CCc2ccccc21. The molecule has 2 heteroatoms. The number of nitrogens with zero attached hydrogens (tertiary/aromatic N) is 1. The maximum atomic E-state index is 9.88. The minimum absolute atomic E-state index is 0.268. The van der Waals surface area contributed by atoms with E-state index in [1.165, 1.54) is 21.6 Å². The molecule has 0 aromatic heterocycles. The van der Waals surface area contributed by atoms with E-state index >= 15 is 0 Å². The normalized spacial score (nSPS) is 26.1. The van der Waals surface area contributed by atoms with E-state index in [2.05, 4.69) is 54.6 Å². The lowest BCUT2D eigenvalue weighted by molar-refractivity contribution is 0.490. The van der Waals surface area contributed by atoms with Crippen molar-refractivity contribution in [2.45, 2.75) is 41.2 Å². The second-order valence-corrected chi connectivity index (χ2v) is 7.45. The molecule has 0 N–H and O–H groups in total. The van der Waals surface area contributed by atoms with Crippen LogP contribution >= 0.6 is 11.8 Å². The van der Waals surface area contributed by atoms with Gasteiger partial charge < -0.3 is 0 Å². The van der Waals surface area contributed by atoms with Crippen molar-refractivity contribution in [3.05, 3.63) is 65.2 Å². The van der Waals surface area contributed by atoms with Crippen LogP contribution in [0.3, 0.4) is 0 Å². The Morgan fingerprint density at radius 3 is 2.67 bits per heavy atom. The van der Waals surface area contributed by atoms with E-state index in [1.807, 2.05) is 11.8 Å². The second kappa shape index (κ2) is 4.93. The van der Waals surface area contributed by atoms with Crippen molar-refractivity contribution in [2.75, 3.05) is 0 Å². The Balaban J connectivity index is 1.62. The number of benzene rings is 2. The first-order chi connectivity index (χ1) is 10.3. The summed E-state index contributed by atoms with van der Waals surface area (Å²) in [5.74, 6) is 0. The molecule has 0 fully saturated rings. The minimum Gasteiger partial charge on any atom is -0.197 e. The quantitative estimate of drug-likeness (QED) is 0.813. The lowest BCUT2D eigenvalue weighted by atomic mass is 9.78. The van der Waals surface area contributed by atoms with Gasteiger partial charge in [0, 0.05) is 10.1 Å². The molecular formula is C19H17NS. The zero-order valence-electron chi connectivity index (χ0n) is 11.9. The van der Waals surface area contributed by atoms with Crippen LogP contribution in [0.4, 0.5) is 0 Å². The monoisotopic (exact) mass is 291 g/mol. The molecule has 2 aliphatic rings. The van der Waals surface area contributed by atoms with E-state index < -0.39 is 0 Å². The first-order valence-corrected chi connectivity index (χ1v) is 8.43. The van der Waals surface area contributed by atoms with Crippen LogP contribution < -0.4 is 0 Å². The fourth-order valence-electron chi connectivity index (χ4n) is 3.82. The van der Waals surface area contributed by atoms with Crippen molar-refractivity contribution in [1.29, 1.82) is 5.26 Å². The van der Waals surface area contributed by atoms with Crippen molar-refractivity contribution in [3.63, 3.8) is 0 Å². The van der Waals surface area contributed by atoms with Gasteiger partial charge in [0.05, 0.1) is 11.5 Å². The Hall–Kier alpha value is -1.72. The second-order valence-electron chi connectivity index (χ2n) is 6.11. The third-order valence-electron chi connectivity index (χ3n) is 4.86. The number of thioether (sulfide) groups is 1. The van der Waals surface area contributed by atoms with Crippen molar-refractivity contribution in [2.24, 2.45) is 0 Å². The van der Waals surface area contributed by atoms with Crippen molar-refractivity contribution in [3.8, 4) is 6.07 Å². The van der Waals surface area contributed by atoms with Crippen LogP contribution in [-0.4, -0.2) is 5.25 Å². The number of hydrogen-bond acceptors (Lipinski definition) is 2. The summed E-state index contributed by atoms with van der Waals surface area (Å²) in [7, 11) is 0. The van der Waals surface area contributed by atoms with E-state index in [1.54, 1.807) is 0 Å². The van der Waals surface area contributed by atoms with Crippen LogP contribution in [0.2, 0.25) is 0 Å². The number of hydrogen-bond donors (Lipinski definition) is 0. The van der Waals surface area contributed by atoms with E-state index in [4.69, 9.17) is 0 Å². The van der Waals surface area contributed by atoms with Gasteiger partial charge in [-0.05, 0) is 48.4 Å². The summed E-state index contributed by atoms with van der Waals surface area (Å²) in [5.41, 5.74) is 3.84. The fourth-order valence-corrected chi connectivity index (χ4v) is 5.27. The number of rotatable bonds is 2. The summed E-state index contributed by atoms with van der Waals surface area (Å²) >= 11 is 1.96. The van der Waals surface area contributed by atoms with E-state index in [0.29, 0.717) is 5.25 Å². The molecule has 0 amide bonds. The van der Waals surface area contributed by atoms with Crippen LogP contribution in [0.25, 0.3) is 0 Å². The highest BCUT2D eigenvalue weighted by atomic mass is 32.2. The summed E-state index contributed by atoms with van der Waals surface area (Å²) in [5, 5.41) is 10.4. The molecule has 0 spiro atoms. The van der Waals surface area contributed by atoms with Crippen LogP contribution in [-0.2, 0) is 18.3 Å². The van der Waals surface area contributed by atoms with Gasteiger partial charge in [0.2, 0.25) is 0 Å². The molecule has 4 rings (SSSR count). The Labute approximate surface area is 130 Å². The highest BCUT2D eigenvalue weighted by Crippen LogP contribution is 2.47. The van der Waals surface area contributed by atoms with Gasteiger partial charge in [0.1, 0.15) is 0 Å². The van der Waals surface area contributed by atoms with Gasteiger partial charge in [-0.25, -0.2) is 0 Å². The Kier molecular flexibility index (Phi) is 3.05. The lowest BCUT2D eigenvalue weighted by Crippen LogP contribution is -2.25. The maximum Gasteiger partial charge on any atom is 0.0839 e. The predicted molar refractivity (Wildman–Crippen MR) is 86.5 cm³/mol. The zero-order chi connectivity index (χ0) is 14.3. The molecule has 0 saturated heterocycles. The highest BCUT2D eigenvalue weighted by molar-refractivity contribution is 8.00. The molecule has 2 unspecified atom stereocenters. The van der Waals surface area contributed by atoms with Gasteiger partial charge in [-0.3, -0.25) is 0 Å². The van der Waals surface area contributed by atoms with Gasteiger partial charge in [-0.2, -0.15) is 5.26 Å². The maximum absolute atomic E-state index is 9.88. The van der Waals surface area contributed by atoms with Gasteiger partial charge in [-0.15, -0.1) is 11.8 Å². The summed E-state index contributed by atoms with van der Waals surface area (Å²) in [6.07, 6.45) is 4.11. The van der Waals surface area contributed by atoms with Crippen LogP contribution in [0, 0.1) is 11.3 Å². The average molecular weight is 291 g/mol. The van der Waals surface area contributed by atoms with Crippen molar-refractivity contribution < 1.29 is 0 Å². The molecule has 21 heavy (non-hydrogen) atoms. The van der Waals surface area contributed by atoms with Gasteiger partial charge in [0.15, 0.2) is 0 Å². The number of aryl methyl sites for hydroxylation is 1. The topological polar surface area (TPSA) is 23.8 Å². The molecule has 1 heterocycles. The summed E-state index contributed by atoms with van der Waals surface area (Å²) < 4.78 is 0. The molecule has 1 aliphatic heterocycles. The molecule has 2 aromatic rings. The molecule has 2 atom stereocenters. The molecule has 2 aromatic carbocycles. The molecular weight excluding hydrogens is 274 g/mol. The Morgan fingerprint density at radius 1 is 1.10 bits per heavy atom. The Morgan fingerprint density at radius 2 is 1.86 bits per heavy atom.